The third-order valence-electron chi connectivity index (χ3n) is 3.25. The normalized spacial score (nSPS) is 11.3. The van der Waals surface area contributed by atoms with Gasteiger partial charge in [0.05, 0.1) is 28.8 Å². The van der Waals surface area contributed by atoms with Crippen LogP contribution in [0.3, 0.4) is 0 Å². The van der Waals surface area contributed by atoms with Crippen molar-refractivity contribution in [1.29, 1.82) is 5.26 Å². The zero-order valence-corrected chi connectivity index (χ0v) is 15.9. The maximum absolute atomic E-state index is 13.4. The number of nitriles is 1. The summed E-state index contributed by atoms with van der Waals surface area (Å²) < 4.78 is 25.6. The highest BCUT2D eigenvalue weighted by Gasteiger charge is 2.14. The topological polar surface area (TPSA) is 42.2 Å². The molecule has 0 heterocycles. The molecule has 2 aromatic rings. The largest absolute Gasteiger partial charge is 0.490 e. The van der Waals surface area contributed by atoms with Crippen molar-refractivity contribution in [3.05, 3.63) is 57.8 Å². The van der Waals surface area contributed by atoms with Gasteiger partial charge in [0.15, 0.2) is 11.5 Å². The molecule has 0 aliphatic rings. The summed E-state index contributed by atoms with van der Waals surface area (Å²) in [4.78, 5) is 0. The Morgan fingerprint density at radius 1 is 1.32 bits per heavy atom. The highest BCUT2D eigenvalue weighted by Crippen LogP contribution is 2.38. The molecule has 0 fully saturated rings. The van der Waals surface area contributed by atoms with Crippen molar-refractivity contribution in [2.24, 2.45) is 0 Å². The minimum atomic E-state index is -0.379. The van der Waals surface area contributed by atoms with Crippen LogP contribution in [-0.4, -0.2) is 12.7 Å². The van der Waals surface area contributed by atoms with Crippen molar-refractivity contribution in [1.82, 2.24) is 0 Å². The van der Waals surface area contributed by atoms with Crippen molar-refractivity contribution in [3.8, 4) is 17.6 Å². The second-order valence-electron chi connectivity index (χ2n) is 5.61. The molecule has 0 saturated carbocycles. The van der Waals surface area contributed by atoms with Crippen LogP contribution in [0.2, 0.25) is 0 Å². The molecule has 0 aliphatic heterocycles. The quantitative estimate of drug-likeness (QED) is 0.449. The van der Waals surface area contributed by atoms with Crippen molar-refractivity contribution in [3.63, 3.8) is 0 Å². The second kappa shape index (κ2) is 8.68. The molecule has 0 unspecified atom stereocenters. The van der Waals surface area contributed by atoms with Crippen molar-refractivity contribution in [2.45, 2.75) is 26.9 Å². The van der Waals surface area contributed by atoms with Gasteiger partial charge >= 0.3 is 0 Å². The summed E-state index contributed by atoms with van der Waals surface area (Å²) in [5, 5.41) is 9.44. The number of halogens is 2. The zero-order chi connectivity index (χ0) is 18.4. The maximum Gasteiger partial charge on any atom is 0.175 e. The minimum absolute atomic E-state index is 0.00105. The van der Waals surface area contributed by atoms with Gasteiger partial charge in [-0.2, -0.15) is 5.26 Å². The molecule has 0 atom stereocenters. The van der Waals surface area contributed by atoms with Crippen LogP contribution in [0.1, 0.15) is 31.9 Å². The van der Waals surface area contributed by atoms with Gasteiger partial charge in [-0.15, -0.1) is 0 Å². The molecule has 0 bridgehead atoms. The van der Waals surface area contributed by atoms with E-state index in [1.54, 1.807) is 18.2 Å². The highest BCUT2D eigenvalue weighted by atomic mass is 79.9. The number of ether oxygens (including phenoxy) is 2. The fourth-order valence-corrected chi connectivity index (χ4v) is 2.84. The van der Waals surface area contributed by atoms with Crippen LogP contribution in [0.25, 0.3) is 11.6 Å². The Kier molecular flexibility index (Phi) is 6.60. The summed E-state index contributed by atoms with van der Waals surface area (Å²) >= 11 is 3.50. The number of rotatable bonds is 6. The van der Waals surface area contributed by atoms with E-state index in [9.17, 15) is 9.65 Å². The molecule has 0 spiro atoms. The van der Waals surface area contributed by atoms with Crippen molar-refractivity contribution >= 4 is 27.6 Å². The molecular formula is C20H19BrFNO2. The molecule has 25 heavy (non-hydrogen) atoms. The molecule has 0 saturated heterocycles. The van der Waals surface area contributed by atoms with Crippen LogP contribution in [0.15, 0.2) is 40.9 Å². The molecule has 0 aliphatic carbocycles. The Morgan fingerprint density at radius 3 is 2.68 bits per heavy atom. The Hall–Kier alpha value is -2.32. The van der Waals surface area contributed by atoms with E-state index in [-0.39, 0.29) is 11.9 Å². The number of nitrogens with zero attached hydrogens (tertiary/aromatic N) is 1. The molecule has 0 N–H and O–H groups in total. The lowest BCUT2D eigenvalue weighted by atomic mass is 10.0. The second-order valence-corrected chi connectivity index (χ2v) is 6.46. The van der Waals surface area contributed by atoms with Gasteiger partial charge in [0.25, 0.3) is 0 Å². The summed E-state index contributed by atoms with van der Waals surface area (Å²) in [5.74, 6) is 0.835. The highest BCUT2D eigenvalue weighted by molar-refractivity contribution is 9.10. The third-order valence-corrected chi connectivity index (χ3v) is 3.84. The lowest BCUT2D eigenvalue weighted by Crippen LogP contribution is -2.08. The van der Waals surface area contributed by atoms with Crippen LogP contribution in [0, 0.1) is 17.1 Å². The molecule has 5 heteroatoms. The van der Waals surface area contributed by atoms with E-state index < -0.39 is 0 Å². The Labute approximate surface area is 155 Å². The number of hydrogen-bond donors (Lipinski definition) is 0. The van der Waals surface area contributed by atoms with E-state index in [0.717, 1.165) is 10.0 Å². The van der Waals surface area contributed by atoms with Gasteiger partial charge in [-0.25, -0.2) is 4.39 Å². The van der Waals surface area contributed by atoms with Gasteiger partial charge in [-0.1, -0.05) is 12.1 Å². The van der Waals surface area contributed by atoms with Gasteiger partial charge in [-0.3, -0.25) is 0 Å². The zero-order valence-electron chi connectivity index (χ0n) is 14.3. The van der Waals surface area contributed by atoms with Crippen molar-refractivity contribution < 1.29 is 13.9 Å². The molecular weight excluding hydrogens is 385 g/mol. The van der Waals surface area contributed by atoms with Crippen molar-refractivity contribution in [2.75, 3.05) is 6.61 Å². The first-order valence-corrected chi connectivity index (χ1v) is 8.74. The van der Waals surface area contributed by atoms with Crippen LogP contribution in [0.5, 0.6) is 11.5 Å². The summed E-state index contributed by atoms with van der Waals surface area (Å²) in [7, 11) is 0. The number of benzene rings is 2. The lowest BCUT2D eigenvalue weighted by molar-refractivity contribution is 0.222. The SMILES string of the molecule is CCOc1cc(/C=C(/C#N)c2cccc(F)c2)cc(Br)c1OC(C)C. The van der Waals surface area contributed by atoms with Gasteiger partial charge in [0.1, 0.15) is 5.82 Å². The standard InChI is InChI=1S/C20H19BrFNO2/c1-4-24-19-10-14(9-18(21)20(19)25-13(2)3)8-16(12-23)15-6-5-7-17(22)11-15/h5-11,13H,4H2,1-3H3/b16-8-. The Balaban J connectivity index is 2.49. The smallest absolute Gasteiger partial charge is 0.175 e. The number of hydrogen-bond acceptors (Lipinski definition) is 3. The van der Waals surface area contributed by atoms with Gasteiger partial charge < -0.3 is 9.47 Å². The summed E-state index contributed by atoms with van der Waals surface area (Å²) in [5.41, 5.74) is 1.65. The molecule has 130 valence electrons. The predicted octanol–water partition coefficient (Wildman–Crippen LogP) is 5.84. The number of allylic oxidation sites excluding steroid dienone is 1. The summed E-state index contributed by atoms with van der Waals surface area (Å²) in [6.45, 7) is 6.26. The minimum Gasteiger partial charge on any atom is -0.490 e. The van der Waals surface area contributed by atoms with Gasteiger partial charge in [0.2, 0.25) is 0 Å². The fourth-order valence-electron chi connectivity index (χ4n) is 2.29. The monoisotopic (exact) mass is 403 g/mol. The molecule has 0 amide bonds. The van der Waals surface area contributed by atoms with Crippen LogP contribution in [0.4, 0.5) is 4.39 Å². The van der Waals surface area contributed by atoms with E-state index in [1.807, 2.05) is 32.9 Å². The lowest BCUT2D eigenvalue weighted by Gasteiger charge is -2.17. The van der Waals surface area contributed by atoms with Gasteiger partial charge in [-0.05, 0) is 78.2 Å². The van der Waals surface area contributed by atoms with Gasteiger partial charge in [0, 0.05) is 0 Å². The Bertz CT molecular complexity index is 825. The predicted molar refractivity (Wildman–Crippen MR) is 101 cm³/mol. The molecule has 0 radical (unpaired) electrons. The first-order valence-electron chi connectivity index (χ1n) is 7.95. The van der Waals surface area contributed by atoms with E-state index >= 15 is 0 Å². The summed E-state index contributed by atoms with van der Waals surface area (Å²) in [6.07, 6.45) is 1.69. The van der Waals surface area contributed by atoms with Crippen LogP contribution in [-0.2, 0) is 0 Å². The first-order chi connectivity index (χ1) is 11.9. The van der Waals surface area contributed by atoms with Crippen LogP contribution < -0.4 is 9.47 Å². The van der Waals surface area contributed by atoms with E-state index in [1.165, 1.54) is 12.1 Å². The van der Waals surface area contributed by atoms with E-state index in [2.05, 4.69) is 22.0 Å². The third kappa shape index (κ3) is 5.07. The Morgan fingerprint density at radius 2 is 2.08 bits per heavy atom. The van der Waals surface area contributed by atoms with E-state index in [4.69, 9.17) is 9.47 Å². The van der Waals surface area contributed by atoms with Crippen LogP contribution >= 0.6 is 15.9 Å². The average molecular weight is 404 g/mol. The maximum atomic E-state index is 13.4. The summed E-state index contributed by atoms with van der Waals surface area (Å²) in [6, 6.07) is 11.7. The average Bonchev–Trinajstić information content (AvgIpc) is 2.55. The molecule has 0 aromatic heterocycles. The fraction of sp³-hybridized carbons (Fsp3) is 0.250. The molecule has 2 rings (SSSR count). The molecule has 2 aromatic carbocycles. The first kappa shape index (κ1) is 19.0. The molecule has 3 nitrogen and oxygen atoms in total. The van der Waals surface area contributed by atoms with E-state index in [0.29, 0.717) is 29.2 Å².